The highest BCUT2D eigenvalue weighted by Crippen LogP contribution is 2.22. The lowest BCUT2D eigenvalue weighted by Gasteiger charge is -2.26. The van der Waals surface area contributed by atoms with Gasteiger partial charge in [-0.05, 0) is 36.6 Å². The third kappa shape index (κ3) is 5.66. The van der Waals surface area contributed by atoms with Crippen LogP contribution >= 0.6 is 11.6 Å². The zero-order valence-corrected chi connectivity index (χ0v) is 14.2. The molecule has 0 saturated heterocycles. The van der Waals surface area contributed by atoms with Crippen molar-refractivity contribution in [3.8, 4) is 0 Å². The summed E-state index contributed by atoms with van der Waals surface area (Å²) in [5.41, 5.74) is 6.00. The van der Waals surface area contributed by atoms with Crippen molar-refractivity contribution in [3.05, 3.63) is 34.9 Å². The molecule has 1 aromatic rings. The van der Waals surface area contributed by atoms with Crippen LogP contribution in [0.3, 0.4) is 0 Å². The van der Waals surface area contributed by atoms with Crippen LogP contribution in [0.4, 0.5) is 0 Å². The molecule has 122 valence electrons. The highest BCUT2D eigenvalue weighted by Gasteiger charge is 2.27. The van der Waals surface area contributed by atoms with Gasteiger partial charge in [-0.3, -0.25) is 9.59 Å². The summed E-state index contributed by atoms with van der Waals surface area (Å²) in [6.07, 6.45) is 0.640. The van der Waals surface area contributed by atoms with Crippen molar-refractivity contribution in [1.29, 1.82) is 0 Å². The third-order valence-corrected chi connectivity index (χ3v) is 3.51. The van der Waals surface area contributed by atoms with Gasteiger partial charge < -0.3 is 16.4 Å². The van der Waals surface area contributed by atoms with Crippen LogP contribution in [0.25, 0.3) is 0 Å². The molecule has 22 heavy (non-hydrogen) atoms. The number of nitrogens with two attached hydrogens (primary N) is 1. The van der Waals surface area contributed by atoms with Crippen molar-refractivity contribution in [1.82, 2.24) is 10.6 Å². The van der Waals surface area contributed by atoms with E-state index in [2.05, 4.69) is 31.4 Å². The van der Waals surface area contributed by atoms with Gasteiger partial charge in [0.05, 0.1) is 6.04 Å². The Balaban J connectivity index is 2.88. The second kappa shape index (κ2) is 7.61. The number of primary amides is 1. The normalized spacial score (nSPS) is 14.2. The predicted molar refractivity (Wildman–Crippen MR) is 88.4 cm³/mol. The molecule has 0 spiro atoms. The minimum absolute atomic E-state index is 0.0203. The topological polar surface area (TPSA) is 84.2 Å². The van der Waals surface area contributed by atoms with E-state index in [-0.39, 0.29) is 11.3 Å². The first-order chi connectivity index (χ1) is 10.1. The van der Waals surface area contributed by atoms with Crippen LogP contribution in [0.15, 0.2) is 24.3 Å². The Morgan fingerprint density at radius 2 is 1.77 bits per heavy atom. The molecule has 6 heteroatoms. The molecule has 0 heterocycles. The number of carbonyl (C=O) groups is 2. The fourth-order valence-corrected chi connectivity index (χ4v) is 2.28. The van der Waals surface area contributed by atoms with Crippen LogP contribution in [-0.2, 0) is 9.59 Å². The van der Waals surface area contributed by atoms with Crippen LogP contribution in [-0.4, -0.2) is 24.9 Å². The van der Waals surface area contributed by atoms with E-state index in [1.807, 2.05) is 0 Å². The zero-order valence-electron chi connectivity index (χ0n) is 13.4. The fraction of sp³-hybridized carbons (Fsp3) is 0.500. The van der Waals surface area contributed by atoms with Gasteiger partial charge in [0.25, 0.3) is 0 Å². The summed E-state index contributed by atoms with van der Waals surface area (Å²) in [4.78, 5) is 24.1. The van der Waals surface area contributed by atoms with Crippen molar-refractivity contribution in [3.63, 3.8) is 0 Å². The molecule has 2 unspecified atom stereocenters. The second-order valence-electron chi connectivity index (χ2n) is 6.50. The maximum atomic E-state index is 12.4. The van der Waals surface area contributed by atoms with Crippen molar-refractivity contribution < 1.29 is 9.59 Å². The lowest BCUT2D eigenvalue weighted by atomic mass is 9.87. The fourth-order valence-electron chi connectivity index (χ4n) is 2.16. The highest BCUT2D eigenvalue weighted by molar-refractivity contribution is 6.30. The van der Waals surface area contributed by atoms with E-state index >= 15 is 0 Å². The molecule has 0 aliphatic heterocycles. The Bertz CT molecular complexity index is 523. The molecule has 2 atom stereocenters. The smallest absolute Gasteiger partial charge is 0.244 e. The standard InChI is InChI=1S/C16H24ClN3O2/c1-16(2,3)9-12(19-4)15(22)20-13(14(18)21)10-5-7-11(17)8-6-10/h5-8,12-13,19H,9H2,1-4H3,(H2,18,21)(H,20,22). The molecule has 0 aliphatic rings. The molecule has 5 nitrogen and oxygen atoms in total. The number of likely N-dealkylation sites (N-methyl/N-ethyl adjacent to an activating group) is 1. The Hall–Kier alpha value is -1.59. The van der Waals surface area contributed by atoms with Gasteiger partial charge in [-0.2, -0.15) is 0 Å². The highest BCUT2D eigenvalue weighted by atomic mass is 35.5. The summed E-state index contributed by atoms with van der Waals surface area (Å²) in [6.45, 7) is 6.15. The number of amides is 2. The number of benzene rings is 1. The first-order valence-electron chi connectivity index (χ1n) is 7.16. The Morgan fingerprint density at radius 1 is 1.23 bits per heavy atom. The van der Waals surface area contributed by atoms with E-state index in [4.69, 9.17) is 17.3 Å². The molecule has 0 aliphatic carbocycles. The minimum atomic E-state index is -0.874. The molecular formula is C16H24ClN3O2. The van der Waals surface area contributed by atoms with Gasteiger partial charge in [-0.15, -0.1) is 0 Å². The largest absolute Gasteiger partial charge is 0.368 e. The van der Waals surface area contributed by atoms with Crippen LogP contribution in [0.5, 0.6) is 0 Å². The summed E-state index contributed by atoms with van der Waals surface area (Å²) in [5.74, 6) is -0.863. The van der Waals surface area contributed by atoms with Crippen molar-refractivity contribution >= 4 is 23.4 Å². The number of halogens is 1. The summed E-state index contributed by atoms with van der Waals surface area (Å²) in [5, 5.41) is 6.24. The van der Waals surface area contributed by atoms with E-state index < -0.39 is 18.0 Å². The van der Waals surface area contributed by atoms with Crippen LogP contribution < -0.4 is 16.4 Å². The lowest BCUT2D eigenvalue weighted by Crippen LogP contribution is -2.48. The molecule has 0 bridgehead atoms. The van der Waals surface area contributed by atoms with E-state index in [9.17, 15) is 9.59 Å². The van der Waals surface area contributed by atoms with Crippen molar-refractivity contribution in [2.24, 2.45) is 11.1 Å². The molecule has 0 fully saturated rings. The van der Waals surface area contributed by atoms with Crippen molar-refractivity contribution in [2.75, 3.05) is 7.05 Å². The summed E-state index contributed by atoms with van der Waals surface area (Å²) in [6, 6.07) is 5.40. The number of hydrogen-bond donors (Lipinski definition) is 3. The Kier molecular flexibility index (Phi) is 6.38. The minimum Gasteiger partial charge on any atom is -0.368 e. The third-order valence-electron chi connectivity index (χ3n) is 3.26. The maximum Gasteiger partial charge on any atom is 0.244 e. The first kappa shape index (κ1) is 18.5. The SMILES string of the molecule is CNC(CC(C)(C)C)C(=O)NC(C(N)=O)c1ccc(Cl)cc1. The van der Waals surface area contributed by atoms with Gasteiger partial charge in [0.1, 0.15) is 6.04 Å². The first-order valence-corrected chi connectivity index (χ1v) is 7.54. The Morgan fingerprint density at radius 3 is 2.18 bits per heavy atom. The predicted octanol–water partition coefficient (Wildman–Crippen LogP) is 2.01. The number of carbonyl (C=O) groups excluding carboxylic acids is 2. The van der Waals surface area contributed by atoms with Crippen molar-refractivity contribution in [2.45, 2.75) is 39.3 Å². The monoisotopic (exact) mass is 325 g/mol. The molecule has 1 aromatic carbocycles. The molecule has 0 saturated carbocycles. The molecule has 2 amide bonds. The molecule has 0 radical (unpaired) electrons. The molecule has 0 aromatic heterocycles. The van der Waals surface area contributed by atoms with Crippen LogP contribution in [0.2, 0.25) is 5.02 Å². The summed E-state index contributed by atoms with van der Waals surface area (Å²) in [7, 11) is 1.72. The van der Waals surface area contributed by atoms with Gasteiger partial charge in [0.15, 0.2) is 0 Å². The van der Waals surface area contributed by atoms with Crippen LogP contribution in [0.1, 0.15) is 38.8 Å². The van der Waals surface area contributed by atoms with Gasteiger partial charge >= 0.3 is 0 Å². The van der Waals surface area contributed by atoms with Gasteiger partial charge in [-0.1, -0.05) is 44.5 Å². The zero-order chi connectivity index (χ0) is 16.9. The average molecular weight is 326 g/mol. The summed E-state index contributed by atoms with van der Waals surface area (Å²) < 4.78 is 0. The van der Waals surface area contributed by atoms with Gasteiger partial charge in [-0.25, -0.2) is 0 Å². The lowest BCUT2D eigenvalue weighted by molar-refractivity contribution is -0.129. The van der Waals surface area contributed by atoms with E-state index in [0.29, 0.717) is 17.0 Å². The summed E-state index contributed by atoms with van der Waals surface area (Å²) >= 11 is 5.83. The molecule has 1 rings (SSSR count). The molecule has 4 N–H and O–H groups in total. The van der Waals surface area contributed by atoms with Gasteiger partial charge in [0.2, 0.25) is 11.8 Å². The van der Waals surface area contributed by atoms with E-state index in [1.165, 1.54) is 0 Å². The van der Waals surface area contributed by atoms with Gasteiger partial charge in [0, 0.05) is 5.02 Å². The number of hydrogen-bond acceptors (Lipinski definition) is 3. The van der Waals surface area contributed by atoms with E-state index in [0.717, 1.165) is 0 Å². The van der Waals surface area contributed by atoms with Crippen LogP contribution in [0, 0.1) is 5.41 Å². The Labute approximate surface area is 136 Å². The average Bonchev–Trinajstić information content (AvgIpc) is 2.41. The number of nitrogens with one attached hydrogen (secondary N) is 2. The maximum absolute atomic E-state index is 12.4. The second-order valence-corrected chi connectivity index (χ2v) is 6.94. The van der Waals surface area contributed by atoms with E-state index in [1.54, 1.807) is 31.3 Å². The molecular weight excluding hydrogens is 302 g/mol. The number of rotatable bonds is 6. The quantitative estimate of drug-likeness (QED) is 0.748.